The molecule has 4 heteroatoms. The van der Waals surface area contributed by atoms with Crippen LogP contribution in [0.2, 0.25) is 0 Å². The molecule has 0 atom stereocenters. The Morgan fingerprint density at radius 2 is 2.00 bits per heavy atom. The van der Waals surface area contributed by atoms with Gasteiger partial charge in [-0.15, -0.1) is 0 Å². The number of hydrogen-bond donors (Lipinski definition) is 1. The Balaban J connectivity index is 2.21. The molecule has 2 heterocycles. The number of pyridine rings is 1. The van der Waals surface area contributed by atoms with Gasteiger partial charge in [0.15, 0.2) is 0 Å². The molecule has 0 radical (unpaired) electrons. The van der Waals surface area contributed by atoms with Crippen LogP contribution >= 0.6 is 0 Å². The Hall–Kier alpha value is -2.62. The number of carboxylic acids is 1. The van der Waals surface area contributed by atoms with Gasteiger partial charge in [-0.25, -0.2) is 4.79 Å². The summed E-state index contributed by atoms with van der Waals surface area (Å²) in [7, 11) is 1.95. The quantitative estimate of drug-likeness (QED) is 0.763. The molecule has 0 fully saturated rings. The van der Waals surface area contributed by atoms with E-state index in [9.17, 15) is 4.79 Å². The second kappa shape index (κ2) is 4.24. The molecule has 0 saturated carbocycles. The topological polar surface area (TPSA) is 55.1 Å². The lowest BCUT2D eigenvalue weighted by molar-refractivity contribution is 0.0697. The Labute approximate surface area is 109 Å². The summed E-state index contributed by atoms with van der Waals surface area (Å²) < 4.78 is 2.02. The van der Waals surface area contributed by atoms with Crippen molar-refractivity contribution in [2.24, 2.45) is 7.05 Å². The summed E-state index contributed by atoms with van der Waals surface area (Å²) in [5.74, 6) is -0.942. The van der Waals surface area contributed by atoms with Gasteiger partial charge in [0.05, 0.1) is 17.0 Å². The Morgan fingerprint density at radius 1 is 1.21 bits per heavy atom. The summed E-state index contributed by atoms with van der Waals surface area (Å²) in [6.45, 7) is 0. The van der Waals surface area contributed by atoms with Crippen molar-refractivity contribution in [3.8, 4) is 11.4 Å². The first kappa shape index (κ1) is 11.5. The van der Waals surface area contributed by atoms with Crippen LogP contribution in [-0.4, -0.2) is 20.6 Å². The fraction of sp³-hybridized carbons (Fsp3) is 0.0667. The maximum Gasteiger partial charge on any atom is 0.335 e. The molecular formula is C15H12N2O2. The maximum absolute atomic E-state index is 11.0. The molecule has 3 aromatic rings. The molecule has 0 spiro atoms. The number of aromatic nitrogens is 2. The van der Waals surface area contributed by atoms with Crippen molar-refractivity contribution in [1.82, 2.24) is 9.55 Å². The summed E-state index contributed by atoms with van der Waals surface area (Å²) in [5, 5.41) is 10.1. The summed E-state index contributed by atoms with van der Waals surface area (Å²) in [6.07, 6.45) is 1.52. The zero-order chi connectivity index (χ0) is 13.4. The SMILES string of the molecule is Cn1c(-c2cc(C(=O)O)ccn2)cc2ccccc21. The molecular weight excluding hydrogens is 240 g/mol. The van der Waals surface area contributed by atoms with E-state index in [4.69, 9.17) is 5.11 Å². The highest BCUT2D eigenvalue weighted by Gasteiger charge is 2.11. The Morgan fingerprint density at radius 3 is 2.74 bits per heavy atom. The van der Waals surface area contributed by atoms with Gasteiger partial charge in [-0.2, -0.15) is 0 Å². The molecule has 0 unspecified atom stereocenters. The molecule has 94 valence electrons. The largest absolute Gasteiger partial charge is 0.478 e. The number of benzene rings is 1. The highest BCUT2D eigenvalue weighted by atomic mass is 16.4. The molecule has 1 aromatic carbocycles. The van der Waals surface area contributed by atoms with Gasteiger partial charge in [-0.3, -0.25) is 4.98 Å². The van der Waals surface area contributed by atoms with Crippen molar-refractivity contribution < 1.29 is 9.90 Å². The fourth-order valence-electron chi connectivity index (χ4n) is 2.24. The van der Waals surface area contributed by atoms with Gasteiger partial charge < -0.3 is 9.67 Å². The molecule has 0 aliphatic carbocycles. The van der Waals surface area contributed by atoms with Gasteiger partial charge in [-0.05, 0) is 24.3 Å². The fourth-order valence-corrected chi connectivity index (χ4v) is 2.24. The molecule has 3 rings (SSSR count). The second-order valence-corrected chi connectivity index (χ2v) is 4.38. The molecule has 0 amide bonds. The number of aromatic carboxylic acids is 1. The molecule has 2 aromatic heterocycles. The Bertz CT molecular complexity index is 775. The third-order valence-corrected chi connectivity index (χ3v) is 3.22. The van der Waals surface area contributed by atoms with E-state index in [-0.39, 0.29) is 5.56 Å². The van der Waals surface area contributed by atoms with Crippen molar-refractivity contribution in [3.63, 3.8) is 0 Å². The summed E-state index contributed by atoms with van der Waals surface area (Å²) in [5.41, 5.74) is 2.91. The summed E-state index contributed by atoms with van der Waals surface area (Å²) in [4.78, 5) is 15.3. The minimum atomic E-state index is -0.942. The van der Waals surface area contributed by atoms with Crippen LogP contribution in [-0.2, 0) is 7.05 Å². The van der Waals surface area contributed by atoms with Gasteiger partial charge in [-0.1, -0.05) is 18.2 Å². The highest BCUT2D eigenvalue weighted by molar-refractivity contribution is 5.90. The summed E-state index contributed by atoms with van der Waals surface area (Å²) in [6, 6.07) is 13.1. The molecule has 0 bridgehead atoms. The Kier molecular flexibility index (Phi) is 2.56. The standard InChI is InChI=1S/C15H12N2O2/c1-17-13-5-3-2-4-10(13)9-14(17)12-8-11(15(18)19)6-7-16-12/h2-9H,1H3,(H,18,19). The number of para-hydroxylation sites is 1. The van der Waals surface area contributed by atoms with Crippen LogP contribution in [0, 0.1) is 0 Å². The lowest BCUT2D eigenvalue weighted by Gasteiger charge is -2.04. The molecule has 0 aliphatic heterocycles. The van der Waals surface area contributed by atoms with Crippen LogP contribution in [0.3, 0.4) is 0 Å². The van der Waals surface area contributed by atoms with Gasteiger partial charge >= 0.3 is 5.97 Å². The van der Waals surface area contributed by atoms with Crippen LogP contribution < -0.4 is 0 Å². The van der Waals surface area contributed by atoms with Crippen LogP contribution in [0.4, 0.5) is 0 Å². The molecule has 1 N–H and O–H groups in total. The van der Waals surface area contributed by atoms with E-state index in [0.717, 1.165) is 16.6 Å². The van der Waals surface area contributed by atoms with Gasteiger partial charge in [0.25, 0.3) is 0 Å². The van der Waals surface area contributed by atoms with E-state index in [1.807, 2.05) is 41.9 Å². The maximum atomic E-state index is 11.0. The average Bonchev–Trinajstić information content (AvgIpc) is 2.77. The molecule has 0 aliphatic rings. The minimum absolute atomic E-state index is 0.246. The number of aryl methyl sites for hydroxylation is 1. The van der Waals surface area contributed by atoms with Gasteiger partial charge in [0.2, 0.25) is 0 Å². The first-order valence-electron chi connectivity index (χ1n) is 5.91. The van der Waals surface area contributed by atoms with Crippen molar-refractivity contribution in [2.45, 2.75) is 0 Å². The van der Waals surface area contributed by atoms with Crippen molar-refractivity contribution in [1.29, 1.82) is 0 Å². The van der Waals surface area contributed by atoms with E-state index in [1.165, 1.54) is 12.3 Å². The predicted molar refractivity (Wildman–Crippen MR) is 73.1 cm³/mol. The number of rotatable bonds is 2. The zero-order valence-electron chi connectivity index (χ0n) is 10.4. The van der Waals surface area contributed by atoms with E-state index < -0.39 is 5.97 Å². The van der Waals surface area contributed by atoms with E-state index >= 15 is 0 Å². The predicted octanol–water partition coefficient (Wildman–Crippen LogP) is 2.94. The smallest absolute Gasteiger partial charge is 0.335 e. The van der Waals surface area contributed by atoms with E-state index in [2.05, 4.69) is 4.98 Å². The van der Waals surface area contributed by atoms with Crippen LogP contribution in [0.15, 0.2) is 48.7 Å². The monoisotopic (exact) mass is 252 g/mol. The van der Waals surface area contributed by atoms with Crippen LogP contribution in [0.1, 0.15) is 10.4 Å². The van der Waals surface area contributed by atoms with E-state index in [1.54, 1.807) is 6.07 Å². The number of hydrogen-bond acceptors (Lipinski definition) is 2. The first-order valence-corrected chi connectivity index (χ1v) is 5.91. The molecule has 19 heavy (non-hydrogen) atoms. The normalized spacial score (nSPS) is 10.8. The van der Waals surface area contributed by atoms with Crippen LogP contribution in [0.5, 0.6) is 0 Å². The lowest BCUT2D eigenvalue weighted by atomic mass is 10.2. The second-order valence-electron chi connectivity index (χ2n) is 4.38. The van der Waals surface area contributed by atoms with E-state index in [0.29, 0.717) is 5.69 Å². The summed E-state index contributed by atoms with van der Waals surface area (Å²) >= 11 is 0. The molecule has 4 nitrogen and oxygen atoms in total. The average molecular weight is 252 g/mol. The molecule has 0 saturated heterocycles. The third-order valence-electron chi connectivity index (χ3n) is 3.22. The number of carboxylic acid groups (broad SMARTS) is 1. The minimum Gasteiger partial charge on any atom is -0.478 e. The van der Waals surface area contributed by atoms with Gasteiger partial charge in [0, 0.05) is 24.1 Å². The number of nitrogens with zero attached hydrogens (tertiary/aromatic N) is 2. The number of fused-ring (bicyclic) bond motifs is 1. The number of carbonyl (C=O) groups is 1. The van der Waals surface area contributed by atoms with Gasteiger partial charge in [0.1, 0.15) is 0 Å². The lowest BCUT2D eigenvalue weighted by Crippen LogP contribution is -1.99. The first-order chi connectivity index (χ1) is 9.16. The van der Waals surface area contributed by atoms with Crippen molar-refractivity contribution in [2.75, 3.05) is 0 Å². The van der Waals surface area contributed by atoms with Crippen LogP contribution in [0.25, 0.3) is 22.3 Å². The highest BCUT2D eigenvalue weighted by Crippen LogP contribution is 2.26. The van der Waals surface area contributed by atoms with Crippen molar-refractivity contribution in [3.05, 3.63) is 54.2 Å². The van der Waals surface area contributed by atoms with Crippen molar-refractivity contribution >= 4 is 16.9 Å². The zero-order valence-corrected chi connectivity index (χ0v) is 10.4. The third kappa shape index (κ3) is 1.87.